The Bertz CT molecular complexity index is 2410. The van der Waals surface area contributed by atoms with E-state index in [-0.39, 0.29) is 36.8 Å². The van der Waals surface area contributed by atoms with Crippen LogP contribution in [0.4, 0.5) is 0 Å². The summed E-state index contributed by atoms with van der Waals surface area (Å²) in [5.74, 6) is 1.21. The number of carbonyl (C=O) groups excluding carboxylic acids is 3. The van der Waals surface area contributed by atoms with E-state index in [1.54, 1.807) is 0 Å². The van der Waals surface area contributed by atoms with Gasteiger partial charge in [0, 0.05) is 74.5 Å². The summed E-state index contributed by atoms with van der Waals surface area (Å²) in [7, 11) is 1.44. The van der Waals surface area contributed by atoms with E-state index in [2.05, 4.69) is 107 Å². The lowest BCUT2D eigenvalue weighted by atomic mass is 9.85. The molecule has 2 aliphatic heterocycles. The fourth-order valence-corrected chi connectivity index (χ4v) is 10.5. The van der Waals surface area contributed by atoms with Crippen molar-refractivity contribution in [2.75, 3.05) is 13.7 Å². The van der Waals surface area contributed by atoms with Crippen LogP contribution in [0.25, 0.3) is 29.9 Å². The molecule has 0 radical (unpaired) electrons. The van der Waals surface area contributed by atoms with E-state index in [1.807, 2.05) is 12.2 Å². The number of carbonyl (C=O) groups is 3. The van der Waals surface area contributed by atoms with Crippen molar-refractivity contribution >= 4 is 48.1 Å². The first-order chi connectivity index (χ1) is 30.7. The maximum atomic E-state index is 13.6. The normalized spacial score (nSPS) is 21.9. The fourth-order valence-electron chi connectivity index (χ4n) is 10.5. The minimum absolute atomic E-state index is 0.0142. The Morgan fingerprint density at radius 1 is 0.859 bits per heavy atom. The molecule has 0 amide bonds. The standard InChI is InChI=1S/C55H76N4O5/c1-12-39-36(8)45-28-46-37(9)41(23-24-51(61)64-26-25-35(7)22-16-21-34(6)20-15-19-33(5)18-14-17-32(3)4)53(58-46)52-43(55(62)63-11)27-42-38(10)47(59-54(42)52)29-49-40(13-2)44(31-60)50(57-49)30-48(39)56-45/h12,25,28-34,37,41,43,56-59H,1,13-24,26-27H2,2-11H3/b35-25-,46-28-,49-29-,50-30-,53-52-/t33-,34-,37+,41+,43+/m1/s1. The number of aldehydes is 1. The Balaban J connectivity index is 1.21. The highest BCUT2D eigenvalue weighted by atomic mass is 16.5. The lowest BCUT2D eigenvalue weighted by Crippen LogP contribution is -2.21. The number of hydrogen-bond donors (Lipinski definition) is 4. The molecule has 8 bridgehead atoms. The quantitative estimate of drug-likeness (QED) is 0.0479. The predicted molar refractivity (Wildman–Crippen MR) is 262 cm³/mol. The van der Waals surface area contributed by atoms with E-state index in [0.29, 0.717) is 24.8 Å². The molecular formula is C55H76N4O5. The van der Waals surface area contributed by atoms with E-state index in [1.165, 1.54) is 57.6 Å². The van der Waals surface area contributed by atoms with Crippen molar-refractivity contribution in [3.63, 3.8) is 0 Å². The molecular weight excluding hydrogens is 797 g/mol. The molecule has 0 aromatic carbocycles. The average molecular weight is 873 g/mol. The number of ether oxygens (including phenoxy) is 2. The minimum Gasteiger partial charge on any atom is -0.469 e. The molecule has 0 unspecified atom stereocenters. The number of aromatic amines is 3. The number of allylic oxidation sites excluding steroid dienone is 3. The minimum atomic E-state index is -0.517. The van der Waals surface area contributed by atoms with Gasteiger partial charge in [0.2, 0.25) is 0 Å². The van der Waals surface area contributed by atoms with Gasteiger partial charge in [0.25, 0.3) is 0 Å². The summed E-state index contributed by atoms with van der Waals surface area (Å²) in [6.45, 7) is 24.4. The van der Waals surface area contributed by atoms with Gasteiger partial charge in [0.1, 0.15) is 6.61 Å². The van der Waals surface area contributed by atoms with E-state index in [9.17, 15) is 14.4 Å². The highest BCUT2D eigenvalue weighted by Gasteiger charge is 2.43. The molecule has 3 aromatic heterocycles. The Labute approximate surface area is 382 Å². The number of aromatic nitrogens is 3. The van der Waals surface area contributed by atoms with Gasteiger partial charge in [-0.2, -0.15) is 0 Å². The fraction of sp³-hybridized carbons (Fsp3) is 0.545. The van der Waals surface area contributed by atoms with Gasteiger partial charge in [0.05, 0.1) is 18.4 Å². The molecule has 1 fully saturated rings. The van der Waals surface area contributed by atoms with Crippen LogP contribution in [-0.4, -0.2) is 46.9 Å². The summed E-state index contributed by atoms with van der Waals surface area (Å²) in [6.07, 6.45) is 24.4. The molecule has 5 atom stereocenters. The summed E-state index contributed by atoms with van der Waals surface area (Å²) < 4.78 is 11.3. The molecule has 3 aromatic rings. The summed E-state index contributed by atoms with van der Waals surface area (Å²) in [5.41, 5.74) is 13.3. The second-order valence-corrected chi connectivity index (χ2v) is 19.7. The molecule has 1 saturated heterocycles. The lowest BCUT2D eigenvalue weighted by molar-refractivity contribution is -0.144. The molecule has 3 aliphatic rings. The molecule has 64 heavy (non-hydrogen) atoms. The van der Waals surface area contributed by atoms with Crippen molar-refractivity contribution in [3.8, 4) is 0 Å². The average Bonchev–Trinajstić information content (AvgIpc) is 4.03. The van der Waals surface area contributed by atoms with Gasteiger partial charge in [-0.05, 0) is 117 Å². The van der Waals surface area contributed by atoms with Gasteiger partial charge >= 0.3 is 11.9 Å². The molecule has 346 valence electrons. The summed E-state index contributed by atoms with van der Waals surface area (Å²) in [4.78, 5) is 50.6. The van der Waals surface area contributed by atoms with Gasteiger partial charge in [-0.25, -0.2) is 0 Å². The molecule has 0 saturated carbocycles. The van der Waals surface area contributed by atoms with E-state index < -0.39 is 5.92 Å². The Kier molecular flexibility index (Phi) is 16.5. The van der Waals surface area contributed by atoms with Crippen LogP contribution in [0.3, 0.4) is 0 Å². The van der Waals surface area contributed by atoms with Crippen LogP contribution in [0.15, 0.2) is 29.6 Å². The third kappa shape index (κ3) is 10.9. The first-order valence-electron chi connectivity index (χ1n) is 24.3. The second-order valence-electron chi connectivity index (χ2n) is 19.7. The van der Waals surface area contributed by atoms with Crippen LogP contribution < -0.4 is 16.0 Å². The van der Waals surface area contributed by atoms with Crippen LogP contribution in [0.1, 0.15) is 180 Å². The number of rotatable bonds is 21. The molecule has 9 nitrogen and oxygen atoms in total. The third-order valence-electron chi connectivity index (χ3n) is 14.6. The third-order valence-corrected chi connectivity index (χ3v) is 14.6. The summed E-state index contributed by atoms with van der Waals surface area (Å²) >= 11 is 0. The van der Waals surface area contributed by atoms with Crippen LogP contribution in [0, 0.1) is 49.4 Å². The number of esters is 2. The lowest BCUT2D eigenvalue weighted by Gasteiger charge is -2.20. The first kappa shape index (κ1) is 48.4. The maximum absolute atomic E-state index is 13.6. The largest absolute Gasteiger partial charge is 0.469 e. The summed E-state index contributed by atoms with van der Waals surface area (Å²) in [6, 6.07) is 0. The number of fused-ring (bicyclic) bond motifs is 7. The van der Waals surface area contributed by atoms with Crippen LogP contribution in [0.2, 0.25) is 0 Å². The van der Waals surface area contributed by atoms with Gasteiger partial charge in [0.15, 0.2) is 6.29 Å². The zero-order valence-electron chi connectivity index (χ0n) is 40.6. The Morgan fingerprint density at radius 3 is 2.19 bits per heavy atom. The summed E-state index contributed by atoms with van der Waals surface area (Å²) in [5, 5.41) is 5.39. The zero-order valence-corrected chi connectivity index (χ0v) is 40.6. The van der Waals surface area contributed by atoms with Crippen LogP contribution >= 0.6 is 0 Å². The van der Waals surface area contributed by atoms with Crippen LogP contribution in [-0.2, 0) is 31.9 Å². The maximum Gasteiger partial charge on any atom is 0.313 e. The van der Waals surface area contributed by atoms with Crippen molar-refractivity contribution in [2.24, 2.45) is 35.5 Å². The SMILES string of the molecule is C=Cc1c2[nH]c(c1C)/C=C1\N/C(=C3\c4[nH]c(c(C)c4C[C@@H]3C(=O)OC)/C=c3\[nH]/c(c(C=O)c3CC)=C\2)[C@@H](CCC(=O)OC/C=C(/C)CCC[C@H](C)CCC[C@H](C)CCCC(C)C)[C@@H]1C. The van der Waals surface area contributed by atoms with Crippen molar-refractivity contribution in [1.29, 1.82) is 0 Å². The highest BCUT2D eigenvalue weighted by molar-refractivity contribution is 5.94. The molecule has 1 aliphatic carbocycles. The Morgan fingerprint density at radius 2 is 1.53 bits per heavy atom. The van der Waals surface area contributed by atoms with Crippen LogP contribution in [0.5, 0.6) is 0 Å². The molecule has 0 spiro atoms. The van der Waals surface area contributed by atoms with Gasteiger partial charge < -0.3 is 29.7 Å². The smallest absolute Gasteiger partial charge is 0.313 e. The number of methoxy groups -OCH3 is 1. The van der Waals surface area contributed by atoms with E-state index in [4.69, 9.17) is 9.47 Å². The number of H-pyrrole nitrogens is 3. The van der Waals surface area contributed by atoms with Gasteiger partial charge in [-0.1, -0.05) is 105 Å². The predicted octanol–water partition coefficient (Wildman–Crippen LogP) is 10.9. The second kappa shape index (κ2) is 21.8. The van der Waals surface area contributed by atoms with E-state index >= 15 is 0 Å². The zero-order chi connectivity index (χ0) is 46.2. The number of nitrogens with one attached hydrogen (secondary N) is 4. The Hall–Kier alpha value is -5.05. The van der Waals surface area contributed by atoms with Crippen molar-refractivity contribution in [1.82, 2.24) is 20.3 Å². The van der Waals surface area contributed by atoms with E-state index in [0.717, 1.165) is 115 Å². The molecule has 4 N–H and O–H groups in total. The highest BCUT2D eigenvalue weighted by Crippen LogP contribution is 2.48. The molecule has 5 heterocycles. The number of hydrogen-bond acceptors (Lipinski definition) is 6. The first-order valence-corrected chi connectivity index (χ1v) is 24.3. The molecule has 6 rings (SSSR count). The van der Waals surface area contributed by atoms with Gasteiger partial charge in [-0.15, -0.1) is 0 Å². The van der Waals surface area contributed by atoms with Crippen molar-refractivity contribution in [2.45, 2.75) is 146 Å². The van der Waals surface area contributed by atoms with Crippen molar-refractivity contribution < 1.29 is 23.9 Å². The van der Waals surface area contributed by atoms with Gasteiger partial charge in [-0.3, -0.25) is 14.4 Å². The molecule has 9 heteroatoms. The van der Waals surface area contributed by atoms with Crippen molar-refractivity contribution in [3.05, 3.63) is 96.5 Å². The monoisotopic (exact) mass is 873 g/mol. The topological polar surface area (TPSA) is 129 Å².